The molecule has 0 amide bonds. The lowest BCUT2D eigenvalue weighted by Crippen LogP contribution is -2.21. The first-order valence-electron chi connectivity index (χ1n) is 7.56. The third kappa shape index (κ3) is 3.32. The zero-order valence-electron chi connectivity index (χ0n) is 13.1. The van der Waals surface area contributed by atoms with Crippen molar-refractivity contribution in [3.63, 3.8) is 0 Å². The molecule has 0 bridgehead atoms. The summed E-state index contributed by atoms with van der Waals surface area (Å²) in [5, 5.41) is 19.0. The van der Waals surface area contributed by atoms with Gasteiger partial charge in [0.1, 0.15) is 11.4 Å². The van der Waals surface area contributed by atoms with Crippen molar-refractivity contribution >= 4 is 38.1 Å². The molecule has 0 unspecified atom stereocenters. The summed E-state index contributed by atoms with van der Waals surface area (Å²) in [5.74, 6) is 0.124. The molecule has 23 heavy (non-hydrogen) atoms. The highest BCUT2D eigenvalue weighted by Crippen LogP contribution is 2.34. The average Bonchev–Trinajstić information content (AvgIpc) is 2.98. The van der Waals surface area contributed by atoms with Crippen LogP contribution in [0.3, 0.4) is 0 Å². The average molecular weight is 326 g/mol. The van der Waals surface area contributed by atoms with Gasteiger partial charge in [-0.05, 0) is 38.1 Å². The standard InChI is InChI=1S/C17H18N4OS/c1-3-21(4-2)12-9-10-13(15(22)11-12)19-20-17-18-14-7-5-6-8-16(14)23-17/h5-11,22H,3-4H2,1-2H3. The summed E-state index contributed by atoms with van der Waals surface area (Å²) in [6.45, 7) is 5.95. The molecule has 0 atom stereocenters. The molecular formula is C17H18N4OS. The molecule has 118 valence electrons. The van der Waals surface area contributed by atoms with E-state index in [0.29, 0.717) is 10.8 Å². The van der Waals surface area contributed by atoms with E-state index in [1.807, 2.05) is 30.3 Å². The van der Waals surface area contributed by atoms with Crippen LogP contribution in [0.1, 0.15) is 13.8 Å². The molecule has 0 fully saturated rings. The number of aromatic nitrogens is 1. The van der Waals surface area contributed by atoms with Crippen molar-refractivity contribution in [2.24, 2.45) is 10.2 Å². The number of phenolic OH excluding ortho intramolecular Hbond substituents is 1. The van der Waals surface area contributed by atoms with Crippen molar-refractivity contribution in [2.45, 2.75) is 13.8 Å². The Kier molecular flexibility index (Phi) is 4.52. The number of azo groups is 1. The van der Waals surface area contributed by atoms with Crippen molar-refractivity contribution < 1.29 is 5.11 Å². The summed E-state index contributed by atoms with van der Waals surface area (Å²) in [6.07, 6.45) is 0. The van der Waals surface area contributed by atoms with E-state index < -0.39 is 0 Å². The molecule has 2 aromatic carbocycles. The summed E-state index contributed by atoms with van der Waals surface area (Å²) in [6, 6.07) is 13.3. The van der Waals surface area contributed by atoms with E-state index >= 15 is 0 Å². The van der Waals surface area contributed by atoms with Crippen LogP contribution in [-0.4, -0.2) is 23.2 Å². The second-order valence-corrected chi connectivity index (χ2v) is 6.02. The van der Waals surface area contributed by atoms with Gasteiger partial charge < -0.3 is 10.0 Å². The molecular weight excluding hydrogens is 308 g/mol. The molecule has 0 radical (unpaired) electrons. The third-order valence-electron chi connectivity index (χ3n) is 3.61. The number of hydrogen-bond donors (Lipinski definition) is 1. The van der Waals surface area contributed by atoms with Crippen molar-refractivity contribution in [3.8, 4) is 5.75 Å². The van der Waals surface area contributed by atoms with Crippen molar-refractivity contribution in [1.29, 1.82) is 0 Å². The Morgan fingerprint density at radius 3 is 2.57 bits per heavy atom. The van der Waals surface area contributed by atoms with Gasteiger partial charge in [0.05, 0.1) is 10.2 Å². The Morgan fingerprint density at radius 1 is 1.09 bits per heavy atom. The Balaban J connectivity index is 1.84. The molecule has 1 N–H and O–H groups in total. The number of phenols is 1. The molecule has 6 heteroatoms. The first-order chi connectivity index (χ1) is 11.2. The van der Waals surface area contributed by atoms with Crippen LogP contribution >= 0.6 is 11.3 Å². The van der Waals surface area contributed by atoms with Gasteiger partial charge in [0.15, 0.2) is 0 Å². The Bertz CT molecular complexity index is 806. The molecule has 3 aromatic rings. The number of anilines is 1. The Labute approximate surface area is 138 Å². The fourth-order valence-electron chi connectivity index (χ4n) is 2.38. The van der Waals surface area contributed by atoms with E-state index in [0.717, 1.165) is 29.0 Å². The largest absolute Gasteiger partial charge is 0.506 e. The summed E-state index contributed by atoms with van der Waals surface area (Å²) >= 11 is 1.48. The minimum Gasteiger partial charge on any atom is -0.506 e. The lowest BCUT2D eigenvalue weighted by atomic mass is 10.2. The number of fused-ring (bicyclic) bond motifs is 1. The Hall–Kier alpha value is -2.47. The van der Waals surface area contributed by atoms with E-state index in [9.17, 15) is 5.11 Å². The van der Waals surface area contributed by atoms with E-state index in [1.165, 1.54) is 11.3 Å². The number of benzene rings is 2. The first-order valence-corrected chi connectivity index (χ1v) is 8.38. The van der Waals surface area contributed by atoms with Crippen LogP contribution < -0.4 is 4.90 Å². The van der Waals surface area contributed by atoms with Crippen LogP contribution in [0.25, 0.3) is 10.2 Å². The summed E-state index contributed by atoms with van der Waals surface area (Å²) in [4.78, 5) is 6.56. The predicted molar refractivity (Wildman–Crippen MR) is 95.5 cm³/mol. The number of para-hydroxylation sites is 1. The quantitative estimate of drug-likeness (QED) is 0.650. The van der Waals surface area contributed by atoms with Gasteiger partial charge in [-0.15, -0.1) is 10.2 Å². The summed E-state index contributed by atoms with van der Waals surface area (Å²) < 4.78 is 1.07. The van der Waals surface area contributed by atoms with Gasteiger partial charge in [0.2, 0.25) is 5.13 Å². The SMILES string of the molecule is CCN(CC)c1ccc(N=Nc2nc3ccccc3s2)c(O)c1. The second-order valence-electron chi connectivity index (χ2n) is 5.01. The fourth-order valence-corrected chi connectivity index (χ4v) is 3.17. The lowest BCUT2D eigenvalue weighted by Gasteiger charge is -2.21. The zero-order valence-corrected chi connectivity index (χ0v) is 13.9. The van der Waals surface area contributed by atoms with E-state index in [-0.39, 0.29) is 5.75 Å². The van der Waals surface area contributed by atoms with Gasteiger partial charge >= 0.3 is 0 Å². The van der Waals surface area contributed by atoms with E-state index in [4.69, 9.17) is 0 Å². The highest BCUT2D eigenvalue weighted by Gasteiger charge is 2.07. The second kappa shape index (κ2) is 6.75. The monoisotopic (exact) mass is 326 g/mol. The molecule has 5 nitrogen and oxygen atoms in total. The van der Waals surface area contributed by atoms with Gasteiger partial charge in [0, 0.05) is 24.8 Å². The first kappa shape index (κ1) is 15.4. The van der Waals surface area contributed by atoms with Crippen molar-refractivity contribution in [3.05, 3.63) is 42.5 Å². The predicted octanol–water partition coefficient (Wildman–Crippen LogP) is 5.26. The smallest absolute Gasteiger partial charge is 0.231 e. The minimum atomic E-state index is 0.124. The maximum atomic E-state index is 10.2. The normalized spacial score (nSPS) is 11.4. The number of thiazole rings is 1. The fraction of sp³-hybridized carbons (Fsp3) is 0.235. The van der Waals surface area contributed by atoms with Crippen LogP contribution in [-0.2, 0) is 0 Å². The third-order valence-corrected chi connectivity index (χ3v) is 4.53. The maximum Gasteiger partial charge on any atom is 0.231 e. The topological polar surface area (TPSA) is 61.1 Å². The summed E-state index contributed by atoms with van der Waals surface area (Å²) in [5.41, 5.74) is 2.33. The minimum absolute atomic E-state index is 0.124. The molecule has 3 rings (SSSR count). The van der Waals surface area contributed by atoms with Gasteiger partial charge in [-0.3, -0.25) is 0 Å². The number of nitrogens with zero attached hydrogens (tertiary/aromatic N) is 4. The number of aromatic hydroxyl groups is 1. The van der Waals surface area contributed by atoms with Gasteiger partial charge in [0.25, 0.3) is 0 Å². The van der Waals surface area contributed by atoms with Crippen LogP contribution in [0.5, 0.6) is 5.75 Å². The van der Waals surface area contributed by atoms with Crippen LogP contribution in [0.4, 0.5) is 16.5 Å². The highest BCUT2D eigenvalue weighted by molar-refractivity contribution is 7.21. The Morgan fingerprint density at radius 2 is 1.87 bits per heavy atom. The molecule has 1 heterocycles. The van der Waals surface area contributed by atoms with Crippen LogP contribution in [0, 0.1) is 0 Å². The van der Waals surface area contributed by atoms with Gasteiger partial charge in [-0.25, -0.2) is 4.98 Å². The highest BCUT2D eigenvalue weighted by atomic mass is 32.1. The molecule has 0 aliphatic carbocycles. The van der Waals surface area contributed by atoms with E-state index in [1.54, 1.807) is 12.1 Å². The molecule has 0 saturated carbocycles. The molecule has 0 saturated heterocycles. The molecule has 0 aliphatic heterocycles. The van der Waals surface area contributed by atoms with Crippen LogP contribution in [0.15, 0.2) is 52.7 Å². The zero-order chi connectivity index (χ0) is 16.2. The van der Waals surface area contributed by atoms with E-state index in [2.05, 4.69) is 34.0 Å². The molecule has 1 aromatic heterocycles. The van der Waals surface area contributed by atoms with Gasteiger partial charge in [-0.2, -0.15) is 0 Å². The molecule has 0 spiro atoms. The number of hydrogen-bond acceptors (Lipinski definition) is 6. The van der Waals surface area contributed by atoms with Crippen molar-refractivity contribution in [2.75, 3.05) is 18.0 Å². The van der Waals surface area contributed by atoms with Crippen LogP contribution in [0.2, 0.25) is 0 Å². The summed E-state index contributed by atoms with van der Waals surface area (Å²) in [7, 11) is 0. The molecule has 0 aliphatic rings. The van der Waals surface area contributed by atoms with Crippen molar-refractivity contribution in [1.82, 2.24) is 4.98 Å². The lowest BCUT2D eigenvalue weighted by molar-refractivity contribution is 0.476. The number of rotatable bonds is 5. The van der Waals surface area contributed by atoms with Gasteiger partial charge in [-0.1, -0.05) is 23.5 Å². The maximum absolute atomic E-state index is 10.2.